The number of terminal acetylenes is 1. The van der Waals surface area contributed by atoms with Crippen LogP contribution >= 0.6 is 0 Å². The molecule has 0 fully saturated rings. The van der Waals surface area contributed by atoms with Gasteiger partial charge in [-0.25, -0.2) is 9.37 Å². The third-order valence-electron chi connectivity index (χ3n) is 3.03. The van der Waals surface area contributed by atoms with Gasteiger partial charge in [-0.1, -0.05) is 12.0 Å². The van der Waals surface area contributed by atoms with E-state index in [1.807, 2.05) is 31.3 Å². The molecule has 5 nitrogen and oxygen atoms in total. The number of aromatic nitrogens is 2. The minimum atomic E-state index is -0.430. The molecule has 116 valence electrons. The predicted octanol–water partition coefficient (Wildman–Crippen LogP) is 2.98. The number of carbonyl (C=O) groups is 1. The van der Waals surface area contributed by atoms with Gasteiger partial charge in [0.1, 0.15) is 11.5 Å². The molecule has 0 bridgehead atoms. The number of pyridine rings is 1. The molecule has 0 aliphatic rings. The number of hydrogen-bond acceptors (Lipinski definition) is 3. The molecule has 3 N–H and O–H groups in total. The van der Waals surface area contributed by atoms with Crippen molar-refractivity contribution < 1.29 is 9.18 Å². The van der Waals surface area contributed by atoms with Crippen LogP contribution in [0.5, 0.6) is 0 Å². The van der Waals surface area contributed by atoms with Crippen LogP contribution in [0.25, 0.3) is 11.0 Å². The normalized spacial score (nSPS) is 9.43. The molecule has 0 spiro atoms. The number of carbonyl (C=O) groups excluding carboxylic acids is 1. The molecule has 1 aromatic carbocycles. The molecule has 3 rings (SSSR count). The predicted molar refractivity (Wildman–Crippen MR) is 89.7 cm³/mol. The Morgan fingerprint density at radius 2 is 2.22 bits per heavy atom. The quantitative estimate of drug-likeness (QED) is 0.514. The summed E-state index contributed by atoms with van der Waals surface area (Å²) in [6, 6.07) is 9.05. The standard InChI is InChI=1S/C9H9N.C8H6FN3O/c1-3-8-5-4-6-9(7-8)10-2;9-5-1-6-7(12-4-13)3-11-8(6)10-2-5/h1,4-7,10H,2H3;1-4H,(H,10,11)(H,12,13). The lowest BCUT2D eigenvalue weighted by atomic mass is 10.2. The largest absolute Gasteiger partial charge is 0.388 e. The van der Waals surface area contributed by atoms with E-state index in [1.165, 1.54) is 6.07 Å². The van der Waals surface area contributed by atoms with E-state index < -0.39 is 5.82 Å². The maximum atomic E-state index is 12.7. The van der Waals surface area contributed by atoms with Gasteiger partial charge in [0.05, 0.1) is 11.9 Å². The average Bonchev–Trinajstić information content (AvgIpc) is 2.98. The third-order valence-corrected chi connectivity index (χ3v) is 3.03. The lowest BCUT2D eigenvalue weighted by Gasteiger charge is -1.97. The molecule has 6 heteroatoms. The molecule has 2 aromatic heterocycles. The molecule has 0 saturated carbocycles. The average molecular weight is 310 g/mol. The molecule has 1 amide bonds. The van der Waals surface area contributed by atoms with Crippen LogP contribution in [0.4, 0.5) is 15.8 Å². The van der Waals surface area contributed by atoms with E-state index in [1.54, 1.807) is 6.20 Å². The summed E-state index contributed by atoms with van der Waals surface area (Å²) in [5.74, 6) is 2.13. The van der Waals surface area contributed by atoms with E-state index in [2.05, 4.69) is 26.5 Å². The Bertz CT molecular complexity index is 851. The summed E-state index contributed by atoms with van der Waals surface area (Å²) in [7, 11) is 1.87. The van der Waals surface area contributed by atoms with Gasteiger partial charge in [0.15, 0.2) is 0 Å². The number of aromatic amines is 1. The van der Waals surface area contributed by atoms with Crippen molar-refractivity contribution in [3.05, 3.63) is 54.1 Å². The highest BCUT2D eigenvalue weighted by atomic mass is 19.1. The third kappa shape index (κ3) is 4.08. The van der Waals surface area contributed by atoms with E-state index in [4.69, 9.17) is 6.42 Å². The van der Waals surface area contributed by atoms with Crippen LogP contribution in [0, 0.1) is 18.2 Å². The van der Waals surface area contributed by atoms with E-state index in [0.29, 0.717) is 23.1 Å². The number of H-pyrrole nitrogens is 1. The van der Waals surface area contributed by atoms with Gasteiger partial charge >= 0.3 is 0 Å². The molecule has 0 radical (unpaired) electrons. The van der Waals surface area contributed by atoms with E-state index in [0.717, 1.165) is 17.4 Å². The number of rotatable bonds is 3. The summed E-state index contributed by atoms with van der Waals surface area (Å²) >= 11 is 0. The highest BCUT2D eigenvalue weighted by Gasteiger charge is 2.04. The van der Waals surface area contributed by atoms with Gasteiger partial charge in [-0.2, -0.15) is 0 Å². The number of anilines is 2. The van der Waals surface area contributed by atoms with Crippen molar-refractivity contribution in [3.8, 4) is 12.3 Å². The maximum absolute atomic E-state index is 12.7. The number of nitrogens with zero attached hydrogens (tertiary/aromatic N) is 1. The highest BCUT2D eigenvalue weighted by Crippen LogP contribution is 2.21. The number of hydrogen-bond donors (Lipinski definition) is 3. The van der Waals surface area contributed by atoms with Crippen molar-refractivity contribution >= 4 is 28.8 Å². The van der Waals surface area contributed by atoms with Gasteiger partial charge in [-0.05, 0) is 24.3 Å². The molecule has 0 saturated heterocycles. The lowest BCUT2D eigenvalue weighted by molar-refractivity contribution is -0.105. The van der Waals surface area contributed by atoms with Crippen molar-refractivity contribution in [2.45, 2.75) is 0 Å². The molecule has 0 aliphatic heterocycles. The molecule has 3 aromatic rings. The van der Waals surface area contributed by atoms with Gasteiger partial charge in [-0.3, -0.25) is 4.79 Å². The Morgan fingerprint density at radius 1 is 1.39 bits per heavy atom. The summed E-state index contributed by atoms with van der Waals surface area (Å²) in [6.07, 6.45) is 8.41. The molecular formula is C17H15FN4O. The Hall–Kier alpha value is -3.33. The smallest absolute Gasteiger partial charge is 0.211 e. The zero-order chi connectivity index (χ0) is 16.7. The van der Waals surface area contributed by atoms with E-state index in [-0.39, 0.29) is 0 Å². The van der Waals surface area contributed by atoms with Crippen LogP contribution in [0.1, 0.15) is 5.56 Å². The minimum Gasteiger partial charge on any atom is -0.388 e. The number of benzene rings is 1. The Labute approximate surface area is 132 Å². The van der Waals surface area contributed by atoms with Gasteiger partial charge in [0, 0.05) is 29.9 Å². The fourth-order valence-corrected chi connectivity index (χ4v) is 1.93. The van der Waals surface area contributed by atoms with Crippen LogP contribution in [-0.4, -0.2) is 23.4 Å². The van der Waals surface area contributed by atoms with Crippen LogP contribution in [-0.2, 0) is 4.79 Å². The van der Waals surface area contributed by atoms with Crippen molar-refractivity contribution in [1.82, 2.24) is 9.97 Å². The summed E-state index contributed by atoms with van der Waals surface area (Å²) in [6.45, 7) is 0. The van der Waals surface area contributed by atoms with Crippen LogP contribution in [0.15, 0.2) is 42.7 Å². The Kier molecular flexibility index (Phi) is 5.31. The molecule has 23 heavy (non-hydrogen) atoms. The summed E-state index contributed by atoms with van der Waals surface area (Å²) in [5, 5.41) is 6.01. The van der Waals surface area contributed by atoms with Crippen molar-refractivity contribution in [2.24, 2.45) is 0 Å². The molecule has 0 aliphatic carbocycles. The second-order valence-corrected chi connectivity index (χ2v) is 4.49. The number of halogens is 1. The van der Waals surface area contributed by atoms with E-state index >= 15 is 0 Å². The highest BCUT2D eigenvalue weighted by molar-refractivity contribution is 5.94. The first kappa shape index (κ1) is 16.0. The fraction of sp³-hybridized carbons (Fsp3) is 0.0588. The van der Waals surface area contributed by atoms with Crippen molar-refractivity contribution in [2.75, 3.05) is 17.7 Å². The van der Waals surface area contributed by atoms with Crippen molar-refractivity contribution in [1.29, 1.82) is 0 Å². The lowest BCUT2D eigenvalue weighted by Crippen LogP contribution is -1.91. The monoisotopic (exact) mass is 310 g/mol. The van der Waals surface area contributed by atoms with Gasteiger partial charge < -0.3 is 15.6 Å². The van der Waals surface area contributed by atoms with Gasteiger partial charge in [-0.15, -0.1) is 6.42 Å². The second-order valence-electron chi connectivity index (χ2n) is 4.49. The fourth-order valence-electron chi connectivity index (χ4n) is 1.93. The van der Waals surface area contributed by atoms with Gasteiger partial charge in [0.2, 0.25) is 6.41 Å². The molecule has 0 atom stereocenters. The van der Waals surface area contributed by atoms with Crippen LogP contribution in [0.2, 0.25) is 0 Å². The summed E-state index contributed by atoms with van der Waals surface area (Å²) in [4.78, 5) is 16.8. The molecule has 2 heterocycles. The topological polar surface area (TPSA) is 69.8 Å². The van der Waals surface area contributed by atoms with E-state index in [9.17, 15) is 9.18 Å². The van der Waals surface area contributed by atoms with Crippen molar-refractivity contribution in [3.63, 3.8) is 0 Å². The summed E-state index contributed by atoms with van der Waals surface area (Å²) in [5.41, 5.74) is 3.03. The zero-order valence-corrected chi connectivity index (χ0v) is 12.4. The first-order valence-corrected chi connectivity index (χ1v) is 6.75. The second kappa shape index (κ2) is 7.61. The molecular weight excluding hydrogens is 295 g/mol. The first-order chi connectivity index (χ1) is 11.2. The van der Waals surface area contributed by atoms with Gasteiger partial charge in [0.25, 0.3) is 0 Å². The number of fused-ring (bicyclic) bond motifs is 1. The Morgan fingerprint density at radius 3 is 2.91 bits per heavy atom. The maximum Gasteiger partial charge on any atom is 0.211 e. The zero-order valence-electron chi connectivity index (χ0n) is 12.4. The first-order valence-electron chi connectivity index (χ1n) is 6.75. The SMILES string of the molecule is C#Cc1cccc(NC)c1.O=CNc1c[nH]c2ncc(F)cc12. The van der Waals surface area contributed by atoms with Crippen LogP contribution in [0.3, 0.4) is 0 Å². The Balaban J connectivity index is 0.000000174. The summed E-state index contributed by atoms with van der Waals surface area (Å²) < 4.78 is 12.7. The molecule has 0 unspecified atom stereocenters. The van der Waals surface area contributed by atoms with Crippen LogP contribution < -0.4 is 10.6 Å². The minimum absolute atomic E-state index is 0.430. The number of nitrogens with one attached hydrogen (secondary N) is 3. The number of amides is 1.